The molecular weight excluding hydrogens is 370 g/mol. The van der Waals surface area contributed by atoms with Crippen LogP contribution in [0.25, 0.3) is 12.2 Å². The Labute approximate surface area is 167 Å². The summed E-state index contributed by atoms with van der Waals surface area (Å²) in [6, 6.07) is 11.7. The Morgan fingerprint density at radius 1 is 0.724 bits per heavy atom. The average Bonchev–Trinajstić information content (AvgIpc) is 3.47. The van der Waals surface area contributed by atoms with E-state index in [4.69, 9.17) is 18.9 Å². The van der Waals surface area contributed by atoms with Crippen LogP contribution in [0.5, 0.6) is 23.0 Å². The molecule has 6 heteroatoms. The molecule has 2 fully saturated rings. The van der Waals surface area contributed by atoms with Gasteiger partial charge in [-0.05, 0) is 60.4 Å². The van der Waals surface area contributed by atoms with Crippen molar-refractivity contribution >= 4 is 17.9 Å². The Bertz CT molecular complexity index is 1000. The Morgan fingerprint density at radius 2 is 1.21 bits per heavy atom. The van der Waals surface area contributed by atoms with Crippen LogP contribution in [0.3, 0.4) is 0 Å². The molecule has 0 aromatic heterocycles. The van der Waals surface area contributed by atoms with Crippen LogP contribution in [0.1, 0.15) is 24.0 Å². The standard InChI is InChI=1S/C23H19NO5/c25-23-15(7-13-1-5-19-21(9-13)28-11-26-19)17-3-4-18(24-17)16(23)8-14-2-6-20-22(10-14)29-12-27-20/h1-2,5-10,17-18,24H,3-4,11-12H2. The highest BCUT2D eigenvalue weighted by Gasteiger charge is 2.40. The van der Waals surface area contributed by atoms with Crippen LogP contribution in [0.4, 0.5) is 0 Å². The number of hydrogen-bond donors (Lipinski definition) is 1. The predicted molar refractivity (Wildman–Crippen MR) is 106 cm³/mol. The van der Waals surface area contributed by atoms with Gasteiger partial charge in [0.1, 0.15) is 0 Å². The minimum atomic E-state index is 0.0897. The van der Waals surface area contributed by atoms with Crippen molar-refractivity contribution in [1.29, 1.82) is 0 Å². The van der Waals surface area contributed by atoms with E-state index < -0.39 is 0 Å². The zero-order valence-electron chi connectivity index (χ0n) is 15.6. The molecule has 2 saturated heterocycles. The van der Waals surface area contributed by atoms with Crippen molar-refractivity contribution in [1.82, 2.24) is 5.32 Å². The van der Waals surface area contributed by atoms with Crippen molar-refractivity contribution in [3.05, 3.63) is 58.7 Å². The summed E-state index contributed by atoms with van der Waals surface area (Å²) in [6.45, 7) is 0.477. The Morgan fingerprint density at radius 3 is 1.72 bits per heavy atom. The highest BCUT2D eigenvalue weighted by atomic mass is 16.7. The Balaban J connectivity index is 1.36. The fourth-order valence-electron chi connectivity index (χ4n) is 4.41. The summed E-state index contributed by atoms with van der Waals surface area (Å²) in [5.74, 6) is 3.02. The molecule has 2 aromatic rings. The van der Waals surface area contributed by atoms with Gasteiger partial charge < -0.3 is 24.3 Å². The first-order valence-corrected chi connectivity index (χ1v) is 9.78. The molecular formula is C23H19NO5. The maximum atomic E-state index is 13.4. The van der Waals surface area contributed by atoms with Gasteiger partial charge >= 0.3 is 0 Å². The van der Waals surface area contributed by atoms with Crippen LogP contribution in [-0.2, 0) is 4.79 Å². The molecule has 2 atom stereocenters. The molecule has 2 bridgehead atoms. The van der Waals surface area contributed by atoms with E-state index in [2.05, 4.69) is 5.32 Å². The molecule has 6 nitrogen and oxygen atoms in total. The third-order valence-corrected chi connectivity index (χ3v) is 5.86. The van der Waals surface area contributed by atoms with Crippen molar-refractivity contribution < 1.29 is 23.7 Å². The van der Waals surface area contributed by atoms with E-state index in [1.807, 2.05) is 48.6 Å². The molecule has 1 N–H and O–H groups in total. The monoisotopic (exact) mass is 389 g/mol. The highest BCUT2D eigenvalue weighted by Crippen LogP contribution is 2.38. The number of hydrogen-bond acceptors (Lipinski definition) is 6. The molecule has 146 valence electrons. The van der Waals surface area contributed by atoms with Crippen LogP contribution < -0.4 is 24.3 Å². The molecule has 0 amide bonds. The Kier molecular flexibility index (Phi) is 3.67. The van der Waals surface area contributed by atoms with Crippen LogP contribution in [0, 0.1) is 0 Å². The van der Waals surface area contributed by atoms with Gasteiger partial charge in [0.2, 0.25) is 13.6 Å². The van der Waals surface area contributed by atoms with Gasteiger partial charge in [-0.3, -0.25) is 4.79 Å². The van der Waals surface area contributed by atoms with Crippen LogP contribution >= 0.6 is 0 Å². The summed E-state index contributed by atoms with van der Waals surface area (Å²) < 4.78 is 21.7. The lowest BCUT2D eigenvalue weighted by atomic mass is 9.90. The van der Waals surface area contributed by atoms with E-state index in [1.165, 1.54) is 0 Å². The van der Waals surface area contributed by atoms with Crippen molar-refractivity contribution in [2.24, 2.45) is 0 Å². The van der Waals surface area contributed by atoms with Gasteiger partial charge in [0.25, 0.3) is 0 Å². The smallest absolute Gasteiger partial charge is 0.231 e. The lowest BCUT2D eigenvalue weighted by molar-refractivity contribution is -0.113. The first kappa shape index (κ1) is 16.7. The predicted octanol–water partition coefficient (Wildman–Crippen LogP) is 3.31. The fraction of sp³-hybridized carbons (Fsp3) is 0.261. The number of ether oxygens (including phenoxy) is 4. The Hall–Kier alpha value is -3.25. The number of carbonyl (C=O) groups excluding carboxylic acids is 1. The summed E-state index contributed by atoms with van der Waals surface area (Å²) in [5, 5.41) is 3.60. The number of Topliss-reactive ketones (excluding diaryl/α,β-unsaturated/α-hetero) is 1. The SMILES string of the molecule is O=C1C(=Cc2ccc3c(c2)OCO3)C2CCC(N2)C1=Cc1ccc2c(c1)OCO2. The van der Waals surface area contributed by atoms with E-state index in [-0.39, 0.29) is 31.5 Å². The van der Waals surface area contributed by atoms with Crippen molar-refractivity contribution in [3.8, 4) is 23.0 Å². The summed E-state index contributed by atoms with van der Waals surface area (Å²) in [5.41, 5.74) is 3.47. The molecule has 4 heterocycles. The second-order valence-electron chi connectivity index (χ2n) is 7.60. The van der Waals surface area contributed by atoms with Gasteiger partial charge in [-0.2, -0.15) is 0 Å². The van der Waals surface area contributed by atoms with Crippen LogP contribution in [0.15, 0.2) is 47.5 Å². The van der Waals surface area contributed by atoms with Gasteiger partial charge in [0.15, 0.2) is 28.8 Å². The van der Waals surface area contributed by atoms with E-state index in [9.17, 15) is 4.79 Å². The second kappa shape index (κ2) is 6.39. The largest absolute Gasteiger partial charge is 0.454 e. The normalized spacial score (nSPS) is 26.6. The maximum Gasteiger partial charge on any atom is 0.231 e. The first-order chi connectivity index (χ1) is 14.2. The molecule has 6 rings (SSSR count). The van der Waals surface area contributed by atoms with Gasteiger partial charge in [-0.1, -0.05) is 12.1 Å². The van der Waals surface area contributed by atoms with E-state index in [1.54, 1.807) is 0 Å². The molecule has 0 aliphatic carbocycles. The van der Waals surface area contributed by atoms with Crippen LogP contribution in [-0.4, -0.2) is 31.5 Å². The van der Waals surface area contributed by atoms with Crippen LogP contribution in [0.2, 0.25) is 0 Å². The molecule has 0 saturated carbocycles. The number of fused-ring (bicyclic) bond motifs is 4. The summed E-state index contributed by atoms with van der Waals surface area (Å²) in [4.78, 5) is 13.4. The zero-order chi connectivity index (χ0) is 19.4. The van der Waals surface area contributed by atoms with E-state index >= 15 is 0 Å². The van der Waals surface area contributed by atoms with Crippen molar-refractivity contribution in [2.45, 2.75) is 24.9 Å². The van der Waals surface area contributed by atoms with E-state index in [0.717, 1.165) is 58.1 Å². The molecule has 0 radical (unpaired) electrons. The van der Waals surface area contributed by atoms with Gasteiger partial charge in [-0.15, -0.1) is 0 Å². The third-order valence-electron chi connectivity index (χ3n) is 5.86. The minimum Gasteiger partial charge on any atom is -0.454 e. The lowest BCUT2D eigenvalue weighted by Gasteiger charge is -2.26. The quantitative estimate of drug-likeness (QED) is 0.795. The average molecular weight is 389 g/mol. The topological polar surface area (TPSA) is 66.0 Å². The van der Waals surface area contributed by atoms with Gasteiger partial charge in [0, 0.05) is 23.2 Å². The number of benzene rings is 2. The zero-order valence-corrected chi connectivity index (χ0v) is 15.6. The second-order valence-corrected chi connectivity index (χ2v) is 7.60. The van der Waals surface area contributed by atoms with Gasteiger partial charge in [-0.25, -0.2) is 0 Å². The highest BCUT2D eigenvalue weighted by molar-refractivity contribution is 6.16. The molecule has 2 unspecified atom stereocenters. The molecule has 0 spiro atoms. The third kappa shape index (κ3) is 2.79. The molecule has 4 aliphatic rings. The van der Waals surface area contributed by atoms with Crippen molar-refractivity contribution in [3.63, 3.8) is 0 Å². The maximum absolute atomic E-state index is 13.4. The number of ketones is 1. The number of piperidine rings is 1. The number of carbonyl (C=O) groups is 1. The summed E-state index contributed by atoms with van der Waals surface area (Å²) >= 11 is 0. The molecule has 2 aromatic carbocycles. The fourth-order valence-corrected chi connectivity index (χ4v) is 4.41. The molecule has 29 heavy (non-hydrogen) atoms. The number of rotatable bonds is 2. The lowest BCUT2D eigenvalue weighted by Crippen LogP contribution is -2.42. The first-order valence-electron chi connectivity index (χ1n) is 9.78. The number of nitrogens with one attached hydrogen (secondary N) is 1. The summed E-state index contributed by atoms with van der Waals surface area (Å²) in [7, 11) is 0. The summed E-state index contributed by atoms with van der Waals surface area (Å²) in [6.07, 6.45) is 5.84. The van der Waals surface area contributed by atoms with E-state index in [0.29, 0.717) is 0 Å². The van der Waals surface area contributed by atoms with Crippen molar-refractivity contribution in [2.75, 3.05) is 13.6 Å². The van der Waals surface area contributed by atoms with Gasteiger partial charge in [0.05, 0.1) is 0 Å². The minimum absolute atomic E-state index is 0.0897. The molecule has 4 aliphatic heterocycles.